The molecule has 0 bridgehead atoms. The van der Waals surface area contributed by atoms with Gasteiger partial charge in [-0.2, -0.15) is 0 Å². The molecule has 2 aliphatic rings. The Hall–Kier alpha value is -2.85. The van der Waals surface area contributed by atoms with Crippen molar-refractivity contribution >= 4 is 52.2 Å². The number of aliphatic hydroxyl groups is 1. The van der Waals surface area contributed by atoms with Gasteiger partial charge in [-0.1, -0.05) is 18.2 Å². The van der Waals surface area contributed by atoms with Gasteiger partial charge in [0.05, 0.1) is 36.1 Å². The van der Waals surface area contributed by atoms with E-state index in [0.29, 0.717) is 42.3 Å². The number of piperidine rings is 1. The standard InChI is InChI=1S/C26H34ClN5O4/c1-4-20-18(7-8-28)19-10-16(27)11-21(24(19)29-20)30-25(35)22-14-36-26(2,3)15-32(22)13-23(34)31-9-5-6-17(33)12-31/h4,7-8,10-11,17,22,29,33H,1,5-6,9,12-15,28H2,2-3H3,(H,30,35)/b8-7-/t17?,22-/m0/s1. The molecule has 5 N–H and O–H groups in total. The molecule has 4 rings (SSSR count). The van der Waals surface area contributed by atoms with Crippen LogP contribution < -0.4 is 11.1 Å². The van der Waals surface area contributed by atoms with Crippen LogP contribution in [-0.2, 0) is 14.3 Å². The Balaban J connectivity index is 1.59. The van der Waals surface area contributed by atoms with Crippen molar-refractivity contribution in [3.8, 4) is 0 Å². The van der Waals surface area contributed by atoms with Gasteiger partial charge in [0.25, 0.3) is 0 Å². The topological polar surface area (TPSA) is 124 Å². The van der Waals surface area contributed by atoms with Gasteiger partial charge in [0.15, 0.2) is 0 Å². The van der Waals surface area contributed by atoms with Gasteiger partial charge in [-0.3, -0.25) is 14.5 Å². The van der Waals surface area contributed by atoms with Gasteiger partial charge in [-0.25, -0.2) is 0 Å². The Morgan fingerprint density at radius 2 is 2.19 bits per heavy atom. The summed E-state index contributed by atoms with van der Waals surface area (Å²) in [4.78, 5) is 33.4. The van der Waals surface area contributed by atoms with Gasteiger partial charge in [-0.05, 0) is 57.2 Å². The Morgan fingerprint density at radius 1 is 1.42 bits per heavy atom. The number of aromatic amines is 1. The number of hydrogen-bond donors (Lipinski definition) is 4. The maximum Gasteiger partial charge on any atom is 0.244 e. The van der Waals surface area contributed by atoms with Gasteiger partial charge in [-0.15, -0.1) is 0 Å². The molecular formula is C26H34ClN5O4. The van der Waals surface area contributed by atoms with Crippen LogP contribution in [0.15, 0.2) is 24.9 Å². The van der Waals surface area contributed by atoms with Gasteiger partial charge in [0.2, 0.25) is 11.8 Å². The number of fused-ring (bicyclic) bond motifs is 1. The fraction of sp³-hybridized carbons (Fsp3) is 0.462. The Bertz CT molecular complexity index is 1190. The number of amides is 2. The van der Waals surface area contributed by atoms with E-state index in [1.54, 1.807) is 29.2 Å². The van der Waals surface area contributed by atoms with Crippen LogP contribution in [0.3, 0.4) is 0 Å². The maximum absolute atomic E-state index is 13.5. The number of morpholine rings is 1. The number of nitrogens with two attached hydrogens (primary N) is 1. The second kappa shape index (κ2) is 10.6. The molecule has 1 aromatic carbocycles. The van der Waals surface area contributed by atoms with Crippen LogP contribution in [0, 0.1) is 0 Å². The molecule has 9 nitrogen and oxygen atoms in total. The van der Waals surface area contributed by atoms with Crippen molar-refractivity contribution in [1.82, 2.24) is 14.8 Å². The molecule has 2 atom stereocenters. The van der Waals surface area contributed by atoms with Crippen LogP contribution in [0.4, 0.5) is 5.69 Å². The van der Waals surface area contributed by atoms with E-state index in [4.69, 9.17) is 22.1 Å². The van der Waals surface area contributed by atoms with E-state index in [-0.39, 0.29) is 25.0 Å². The minimum atomic E-state index is -0.678. The van der Waals surface area contributed by atoms with Gasteiger partial charge in [0.1, 0.15) is 6.04 Å². The van der Waals surface area contributed by atoms with E-state index < -0.39 is 17.7 Å². The smallest absolute Gasteiger partial charge is 0.244 e. The van der Waals surface area contributed by atoms with Crippen molar-refractivity contribution in [3.63, 3.8) is 0 Å². The third kappa shape index (κ3) is 5.59. The molecule has 0 saturated carbocycles. The van der Waals surface area contributed by atoms with Crippen LogP contribution >= 0.6 is 11.6 Å². The monoisotopic (exact) mass is 515 g/mol. The van der Waals surface area contributed by atoms with E-state index in [9.17, 15) is 14.7 Å². The second-order valence-corrected chi connectivity index (χ2v) is 10.4. The molecule has 2 aromatic rings. The Kier molecular flexibility index (Phi) is 7.75. The first-order chi connectivity index (χ1) is 17.1. The molecule has 194 valence electrons. The van der Waals surface area contributed by atoms with Crippen molar-refractivity contribution in [2.75, 3.05) is 38.1 Å². The summed E-state index contributed by atoms with van der Waals surface area (Å²) >= 11 is 6.40. The number of halogens is 1. The third-order valence-corrected chi connectivity index (χ3v) is 6.93. The summed E-state index contributed by atoms with van der Waals surface area (Å²) in [5, 5.41) is 14.2. The number of rotatable bonds is 6. The van der Waals surface area contributed by atoms with E-state index in [1.807, 2.05) is 18.7 Å². The number of hydrogen-bond acceptors (Lipinski definition) is 6. The summed E-state index contributed by atoms with van der Waals surface area (Å²) in [6.45, 7) is 9.27. The van der Waals surface area contributed by atoms with Crippen molar-refractivity contribution in [2.45, 2.75) is 44.4 Å². The fourth-order valence-electron chi connectivity index (χ4n) is 4.97. The number of anilines is 1. The number of carbonyl (C=O) groups excluding carboxylic acids is 2. The lowest BCUT2D eigenvalue weighted by atomic mass is 10.0. The SMILES string of the molecule is C=Cc1[nH]c2c(NC(=O)[C@@H]3COC(C)(C)CN3CC(=O)N3CCCC(O)C3)cc(Cl)cc2c1/C=C\N. The highest BCUT2D eigenvalue weighted by atomic mass is 35.5. The molecule has 2 fully saturated rings. The lowest BCUT2D eigenvalue weighted by Gasteiger charge is -2.43. The molecule has 0 radical (unpaired) electrons. The zero-order valence-electron chi connectivity index (χ0n) is 20.7. The lowest BCUT2D eigenvalue weighted by Crippen LogP contribution is -2.60. The lowest BCUT2D eigenvalue weighted by molar-refractivity contribution is -0.151. The molecule has 36 heavy (non-hydrogen) atoms. The van der Waals surface area contributed by atoms with Gasteiger partial charge >= 0.3 is 0 Å². The molecule has 1 aromatic heterocycles. The zero-order chi connectivity index (χ0) is 26.0. The Labute approximate surface area is 215 Å². The molecule has 0 aliphatic carbocycles. The first-order valence-electron chi connectivity index (χ1n) is 12.1. The molecule has 0 spiro atoms. The van der Waals surface area contributed by atoms with Crippen LogP contribution in [0.1, 0.15) is 37.9 Å². The predicted octanol–water partition coefficient (Wildman–Crippen LogP) is 2.79. The van der Waals surface area contributed by atoms with Crippen LogP contribution in [0.25, 0.3) is 23.1 Å². The summed E-state index contributed by atoms with van der Waals surface area (Å²) < 4.78 is 5.96. The highest BCUT2D eigenvalue weighted by Crippen LogP contribution is 2.34. The number of H-pyrrole nitrogens is 1. The molecular weight excluding hydrogens is 482 g/mol. The average molecular weight is 516 g/mol. The van der Waals surface area contributed by atoms with Gasteiger partial charge < -0.3 is 30.8 Å². The van der Waals surface area contributed by atoms with Crippen molar-refractivity contribution < 1.29 is 19.4 Å². The molecule has 2 amide bonds. The summed E-state index contributed by atoms with van der Waals surface area (Å²) in [5.41, 5.74) is 7.90. The minimum absolute atomic E-state index is 0.0666. The van der Waals surface area contributed by atoms with E-state index in [0.717, 1.165) is 23.1 Å². The number of ether oxygens (including phenoxy) is 1. The Morgan fingerprint density at radius 3 is 2.89 bits per heavy atom. The quantitative estimate of drug-likeness (QED) is 0.469. The summed E-state index contributed by atoms with van der Waals surface area (Å²) in [7, 11) is 0. The minimum Gasteiger partial charge on any atom is -0.405 e. The zero-order valence-corrected chi connectivity index (χ0v) is 21.5. The van der Waals surface area contributed by atoms with Crippen LogP contribution in [0.2, 0.25) is 5.02 Å². The highest BCUT2D eigenvalue weighted by Gasteiger charge is 2.39. The molecule has 3 heterocycles. The van der Waals surface area contributed by atoms with Crippen molar-refractivity contribution in [1.29, 1.82) is 0 Å². The van der Waals surface area contributed by atoms with E-state index in [1.165, 1.54) is 6.20 Å². The second-order valence-electron chi connectivity index (χ2n) is 10.0. The van der Waals surface area contributed by atoms with Crippen LogP contribution in [0.5, 0.6) is 0 Å². The first-order valence-corrected chi connectivity index (χ1v) is 12.5. The first kappa shape index (κ1) is 26.2. The molecule has 10 heteroatoms. The van der Waals surface area contributed by atoms with Crippen LogP contribution in [-0.4, -0.2) is 82.2 Å². The van der Waals surface area contributed by atoms with Crippen molar-refractivity contribution in [2.24, 2.45) is 5.73 Å². The number of nitrogens with one attached hydrogen (secondary N) is 2. The number of aliphatic hydroxyl groups excluding tert-OH is 1. The molecule has 1 unspecified atom stereocenters. The number of β-amino-alcohol motifs (C(OH)–C–C–N with tert-alkyl or cyclic N) is 1. The molecule has 2 aliphatic heterocycles. The predicted molar refractivity (Wildman–Crippen MR) is 142 cm³/mol. The van der Waals surface area contributed by atoms with Crippen molar-refractivity contribution in [3.05, 3.63) is 41.2 Å². The maximum atomic E-state index is 13.5. The number of benzene rings is 1. The fourth-order valence-corrected chi connectivity index (χ4v) is 5.19. The largest absolute Gasteiger partial charge is 0.405 e. The highest BCUT2D eigenvalue weighted by molar-refractivity contribution is 6.32. The van der Waals surface area contributed by atoms with Gasteiger partial charge in [0, 0.05) is 41.3 Å². The summed E-state index contributed by atoms with van der Waals surface area (Å²) in [6, 6.07) is 2.80. The summed E-state index contributed by atoms with van der Waals surface area (Å²) in [6.07, 6.45) is 5.82. The van der Waals surface area contributed by atoms with E-state index in [2.05, 4.69) is 16.9 Å². The average Bonchev–Trinajstić information content (AvgIpc) is 3.16. The van der Waals surface area contributed by atoms with E-state index >= 15 is 0 Å². The molecule has 2 saturated heterocycles. The normalized spacial score (nSPS) is 22.7. The third-order valence-electron chi connectivity index (χ3n) is 6.71. The number of aromatic nitrogens is 1. The number of nitrogens with zero attached hydrogens (tertiary/aromatic N) is 2. The number of carbonyl (C=O) groups is 2. The number of likely N-dealkylation sites (tertiary alicyclic amines) is 1. The summed E-state index contributed by atoms with van der Waals surface area (Å²) in [5.74, 6) is -0.404.